The van der Waals surface area contributed by atoms with Crippen LogP contribution in [-0.4, -0.2) is 117 Å². The molecule has 7 aliphatic rings. The molecule has 0 spiro atoms. The first-order valence-electron chi connectivity index (χ1n) is 33.3. The lowest BCUT2D eigenvalue weighted by atomic mass is 9.87. The Morgan fingerprint density at radius 1 is 0.398 bits per heavy atom. The monoisotopic (exact) mass is 1490 g/mol. The van der Waals surface area contributed by atoms with E-state index in [-0.39, 0.29) is 108 Å². The molecular formula is C68H106N22S8. The molecule has 9 heterocycles. The van der Waals surface area contributed by atoms with Crippen molar-refractivity contribution in [2.24, 2.45) is 35.4 Å². The van der Waals surface area contributed by atoms with Gasteiger partial charge in [-0.25, -0.2) is 19.9 Å². The molecule has 30 heteroatoms. The maximum absolute atomic E-state index is 6.06. The molecule has 536 valence electrons. The van der Waals surface area contributed by atoms with Crippen LogP contribution in [-0.2, 0) is 7.05 Å². The van der Waals surface area contributed by atoms with E-state index in [0.717, 1.165) is 151 Å². The van der Waals surface area contributed by atoms with Crippen LogP contribution in [0, 0.1) is 5.41 Å². The maximum Gasteiger partial charge on any atom is 0.158 e. The fraction of sp³-hybridized carbons (Fsp3) is 0.515. The summed E-state index contributed by atoms with van der Waals surface area (Å²) < 4.78 is 9.32. The maximum atomic E-state index is 6.06. The van der Waals surface area contributed by atoms with Gasteiger partial charge in [0.05, 0.1) is 41.9 Å². The SMILES string of the molecule is CC1(C)CC1c1cc(N[C@H]2CC[C@H](N)C2)n2nccc2n1.Cn1ccc(-c2cc(N[C@H]3CC[C@H](N)C3)n3nccc3n2)n1.N[C@H]1CC[C@H](Nc2cc(-c3ccc(C4CC4)cc3)nc3ccnn23)C1.N[C@H]1CC[C@H](Nc2cc(C3CCCCC3)nc3ccnn23)C1.S.S.S.S.S.S.S.S. The van der Waals surface area contributed by atoms with E-state index in [1.165, 1.54) is 68.3 Å². The first-order valence-corrected chi connectivity index (χ1v) is 33.3. The van der Waals surface area contributed by atoms with E-state index in [0.29, 0.717) is 65.6 Å². The highest BCUT2D eigenvalue weighted by molar-refractivity contribution is 7.60. The number of fused-ring (bicyclic) bond motifs is 4. The topological polar surface area (TPSA) is 291 Å². The van der Waals surface area contributed by atoms with Crippen molar-refractivity contribution in [1.82, 2.24) is 68.2 Å². The molecule has 9 atom stereocenters. The molecular weight excluding hydrogens is 1380 g/mol. The number of anilines is 4. The second-order valence-corrected chi connectivity index (χ2v) is 27.6. The van der Waals surface area contributed by atoms with Gasteiger partial charge in [0.25, 0.3) is 0 Å². The summed E-state index contributed by atoms with van der Waals surface area (Å²) in [6.45, 7) is 4.62. The van der Waals surface area contributed by atoms with Gasteiger partial charge in [0, 0.05) is 133 Å². The van der Waals surface area contributed by atoms with Gasteiger partial charge in [-0.15, -0.1) is 0 Å². The van der Waals surface area contributed by atoms with Gasteiger partial charge in [0.15, 0.2) is 22.6 Å². The molecule has 98 heavy (non-hydrogen) atoms. The molecule has 0 aliphatic heterocycles. The second-order valence-electron chi connectivity index (χ2n) is 27.6. The van der Waals surface area contributed by atoms with E-state index < -0.39 is 0 Å². The lowest BCUT2D eigenvalue weighted by Crippen LogP contribution is -2.22. The summed E-state index contributed by atoms with van der Waals surface area (Å²) in [6.07, 6.45) is 32.5. The first-order chi connectivity index (χ1) is 43.8. The fourth-order valence-corrected chi connectivity index (χ4v) is 14.5. The fourth-order valence-electron chi connectivity index (χ4n) is 14.5. The number of aryl methyl sites for hydroxylation is 1. The average Bonchev–Trinajstić information content (AvgIpc) is 1.59. The van der Waals surface area contributed by atoms with Gasteiger partial charge >= 0.3 is 0 Å². The van der Waals surface area contributed by atoms with Gasteiger partial charge in [0.2, 0.25) is 0 Å². The highest BCUT2D eigenvalue weighted by Gasteiger charge is 2.48. The van der Waals surface area contributed by atoms with E-state index in [2.05, 4.69) is 108 Å². The minimum atomic E-state index is 0. The third kappa shape index (κ3) is 19.5. The number of rotatable bonds is 13. The number of benzene rings is 1. The molecule has 1 aromatic carbocycles. The number of hydrogen-bond acceptors (Lipinski definition) is 17. The van der Waals surface area contributed by atoms with Gasteiger partial charge in [-0.3, -0.25) is 4.68 Å². The van der Waals surface area contributed by atoms with Crippen molar-refractivity contribution in [1.29, 1.82) is 0 Å². The van der Waals surface area contributed by atoms with Gasteiger partial charge in [0.1, 0.15) is 29.0 Å². The molecule has 0 bridgehead atoms. The zero-order valence-electron chi connectivity index (χ0n) is 56.5. The van der Waals surface area contributed by atoms with Crippen molar-refractivity contribution in [2.75, 3.05) is 21.3 Å². The molecule has 12 N–H and O–H groups in total. The van der Waals surface area contributed by atoms with Gasteiger partial charge in [-0.05, 0) is 132 Å². The summed E-state index contributed by atoms with van der Waals surface area (Å²) in [5.41, 5.74) is 35.8. The number of aromatic nitrogens is 14. The predicted molar refractivity (Wildman–Crippen MR) is 439 cm³/mol. The van der Waals surface area contributed by atoms with Gasteiger partial charge in [-0.1, -0.05) is 57.4 Å². The van der Waals surface area contributed by atoms with Crippen LogP contribution in [0.15, 0.2) is 110 Å². The molecule has 7 saturated carbocycles. The van der Waals surface area contributed by atoms with E-state index in [1.807, 2.05) is 80.1 Å². The zero-order chi connectivity index (χ0) is 61.5. The highest BCUT2D eigenvalue weighted by atomic mass is 32.1. The molecule has 0 amide bonds. The normalized spacial score (nSPS) is 23.3. The molecule has 0 saturated heterocycles. The van der Waals surface area contributed by atoms with Crippen LogP contribution in [0.2, 0.25) is 0 Å². The van der Waals surface area contributed by atoms with Crippen LogP contribution in [0.1, 0.15) is 177 Å². The number of nitrogens with zero attached hydrogens (tertiary/aromatic N) is 14. The second kappa shape index (κ2) is 36.1. The Kier molecular flexibility index (Phi) is 30.1. The molecule has 7 aliphatic carbocycles. The smallest absolute Gasteiger partial charge is 0.158 e. The van der Waals surface area contributed by atoms with Crippen LogP contribution in [0.25, 0.3) is 45.2 Å². The quantitative estimate of drug-likeness (QED) is 0.0532. The summed E-state index contributed by atoms with van der Waals surface area (Å²) in [4.78, 5) is 19.0. The summed E-state index contributed by atoms with van der Waals surface area (Å²) in [6, 6.07) is 30.2. The van der Waals surface area contributed by atoms with Gasteiger partial charge in [-0.2, -0.15) is 152 Å². The third-order valence-electron chi connectivity index (χ3n) is 19.9. The first kappa shape index (κ1) is 81.7. The Morgan fingerprint density at radius 2 is 0.776 bits per heavy atom. The molecule has 0 radical (unpaired) electrons. The summed E-state index contributed by atoms with van der Waals surface area (Å²) in [5.74, 6) is 6.04. The highest BCUT2D eigenvalue weighted by Crippen LogP contribution is 2.58. The molecule has 17 rings (SSSR count). The van der Waals surface area contributed by atoms with Crippen LogP contribution >= 0.6 is 108 Å². The Bertz CT molecular complexity index is 4090. The molecule has 22 nitrogen and oxygen atoms in total. The van der Waals surface area contributed by atoms with Crippen molar-refractivity contribution in [2.45, 2.75) is 208 Å². The lowest BCUT2D eigenvalue weighted by molar-refractivity contribution is 0.437. The Hall–Kier alpha value is -5.25. The van der Waals surface area contributed by atoms with Crippen LogP contribution < -0.4 is 44.2 Å². The van der Waals surface area contributed by atoms with E-state index >= 15 is 0 Å². The molecule has 7 fully saturated rings. The molecule has 1 unspecified atom stereocenters. The van der Waals surface area contributed by atoms with Crippen LogP contribution in [0.5, 0.6) is 0 Å². The van der Waals surface area contributed by atoms with Crippen molar-refractivity contribution in [3.8, 4) is 22.6 Å². The van der Waals surface area contributed by atoms with Crippen molar-refractivity contribution >= 4 is 154 Å². The molecule has 10 aromatic rings. The summed E-state index contributed by atoms with van der Waals surface area (Å²) in [7, 11) is 1.90. The van der Waals surface area contributed by atoms with Gasteiger partial charge < -0.3 is 44.2 Å². The minimum absolute atomic E-state index is 0. The largest absolute Gasteiger partial charge is 0.367 e. The number of hydrogen-bond donors (Lipinski definition) is 8. The number of nitrogens with two attached hydrogens (primary N) is 4. The lowest BCUT2D eigenvalue weighted by Gasteiger charge is -2.22. The van der Waals surface area contributed by atoms with Crippen LogP contribution in [0.4, 0.5) is 23.3 Å². The van der Waals surface area contributed by atoms with E-state index in [1.54, 1.807) is 17.1 Å². The minimum Gasteiger partial charge on any atom is -0.367 e. The Balaban J connectivity index is 0.000000201. The van der Waals surface area contributed by atoms with Crippen molar-refractivity contribution < 1.29 is 0 Å². The predicted octanol–water partition coefficient (Wildman–Crippen LogP) is 11.5. The zero-order valence-corrected chi connectivity index (χ0v) is 64.5. The van der Waals surface area contributed by atoms with E-state index in [9.17, 15) is 0 Å². The van der Waals surface area contributed by atoms with Crippen molar-refractivity contribution in [3.63, 3.8) is 0 Å². The molecule has 9 aromatic heterocycles. The number of nitrogens with one attached hydrogen (secondary N) is 4. The third-order valence-corrected chi connectivity index (χ3v) is 19.9. The Labute approximate surface area is 631 Å². The standard InChI is InChI=1S/C20H23N5.C17H25N5.C16H23N5.C15H19N7.8H2S/c21-16-7-8-17(11-16)23-20-12-18(24-19-9-10-22-25(19)20)15-5-3-14(4-6-15)13-1-2-13;18-13-6-7-14(10-13)20-17-11-15(12-4-2-1-3-5-12)21-16-8-9-19-22(16)17;1-16(2)9-12(16)13-8-15(19-11-4-3-10(17)7-11)21-14(20-13)5-6-18-21;1-21-7-5-12(20-21)13-9-15(18-11-3-2-10(16)8-11)22-14(19-13)4-6-17-22;;;;;;;;/h3-6,9-10,12-13,16-17,23H,1-2,7-8,11,21H2;8-9,11-14,20H,1-7,10,18H2;5-6,8,10-12,19H,3-4,7,9,17H2,1-2H3;4-7,9-11,18H,2-3,8,16H2,1H3;8*1H2/t16-,17-;13-,14-;10-,11-,12?;10-,11-;;;;;;;;/m0000......../s1. The average molecular weight is 1490 g/mol. The van der Waals surface area contributed by atoms with E-state index in [4.69, 9.17) is 37.9 Å². The summed E-state index contributed by atoms with van der Waals surface area (Å²) in [5, 5.41) is 36.5. The summed E-state index contributed by atoms with van der Waals surface area (Å²) >= 11 is 0. The van der Waals surface area contributed by atoms with Crippen molar-refractivity contribution in [3.05, 3.63) is 127 Å². The Morgan fingerprint density at radius 3 is 1.15 bits per heavy atom. The van der Waals surface area contributed by atoms with Crippen LogP contribution in [0.3, 0.4) is 0 Å².